The number of ether oxygens (including phenoxy) is 2. The van der Waals surface area contributed by atoms with Crippen molar-refractivity contribution in [1.82, 2.24) is 4.90 Å². The Kier molecular flexibility index (Phi) is 7.41. The molecule has 2 bridgehead atoms. The van der Waals surface area contributed by atoms with Gasteiger partial charge in [-0.2, -0.15) is 0 Å². The summed E-state index contributed by atoms with van der Waals surface area (Å²) in [7, 11) is 0. The van der Waals surface area contributed by atoms with Crippen LogP contribution in [0.4, 0.5) is 11.4 Å². The number of nitrogens with one attached hydrogen (secondary N) is 2. The number of nitrogens with zero attached hydrogens (tertiary/aromatic N) is 1. The lowest BCUT2D eigenvalue weighted by Crippen LogP contribution is -2.53. The fourth-order valence-electron chi connectivity index (χ4n) is 7.40. The average Bonchev–Trinajstić information content (AvgIpc) is 3.60. The molecule has 42 heavy (non-hydrogen) atoms. The zero-order valence-corrected chi connectivity index (χ0v) is 24.0. The number of fused-ring (bicyclic) bond motifs is 2. The molecule has 2 unspecified atom stereocenters. The maximum Gasteiger partial charge on any atom is 0.250 e. The number of hydrogen-bond donors (Lipinski definition) is 3. The minimum Gasteiger partial charge on any atom is -0.494 e. The van der Waals surface area contributed by atoms with Gasteiger partial charge in [-0.15, -0.1) is 0 Å². The van der Waals surface area contributed by atoms with Crippen LogP contribution in [-0.2, 0) is 19.1 Å². The van der Waals surface area contributed by atoms with Gasteiger partial charge in [0.2, 0.25) is 17.7 Å². The van der Waals surface area contributed by atoms with Crippen molar-refractivity contribution in [3.63, 3.8) is 0 Å². The van der Waals surface area contributed by atoms with Crippen LogP contribution >= 0.6 is 0 Å². The Hall–Kier alpha value is -3.95. The Balaban J connectivity index is 1.32. The Morgan fingerprint density at radius 1 is 0.976 bits per heavy atom. The van der Waals surface area contributed by atoms with Crippen molar-refractivity contribution in [2.24, 2.45) is 11.8 Å². The first-order valence-corrected chi connectivity index (χ1v) is 14.8. The SMILES string of the molecule is CCOc1ccc(NC(=O)[C@H]2[C@H]3C(=O)N(CCCO)C(C(=O)Nc4ccc5ccccc5c4)C34CC[C@]2(CC)O4)cc1. The lowest BCUT2D eigenvalue weighted by molar-refractivity contribution is -0.144. The molecule has 0 saturated carbocycles. The topological polar surface area (TPSA) is 117 Å². The molecule has 0 aliphatic carbocycles. The van der Waals surface area contributed by atoms with E-state index in [0.717, 1.165) is 10.8 Å². The van der Waals surface area contributed by atoms with Gasteiger partial charge in [0.15, 0.2) is 0 Å². The van der Waals surface area contributed by atoms with E-state index in [1.165, 1.54) is 4.90 Å². The van der Waals surface area contributed by atoms with Crippen molar-refractivity contribution < 1.29 is 29.0 Å². The second kappa shape index (κ2) is 11.0. The maximum atomic E-state index is 14.1. The van der Waals surface area contributed by atoms with Crippen LogP contribution < -0.4 is 15.4 Å². The quantitative estimate of drug-likeness (QED) is 0.333. The number of likely N-dealkylation sites (tertiary alicyclic amines) is 1. The zero-order chi connectivity index (χ0) is 29.5. The zero-order valence-electron chi connectivity index (χ0n) is 24.0. The first-order chi connectivity index (χ1) is 20.4. The molecule has 220 valence electrons. The van der Waals surface area contributed by atoms with E-state index in [0.29, 0.717) is 49.4 Å². The van der Waals surface area contributed by atoms with Gasteiger partial charge in [0.25, 0.3) is 0 Å². The summed E-state index contributed by atoms with van der Waals surface area (Å²) in [6, 6.07) is 19.8. The lowest BCUT2D eigenvalue weighted by Gasteiger charge is -2.34. The number of anilines is 2. The lowest BCUT2D eigenvalue weighted by atomic mass is 9.65. The molecule has 3 amide bonds. The van der Waals surface area contributed by atoms with Gasteiger partial charge >= 0.3 is 0 Å². The molecule has 3 heterocycles. The van der Waals surface area contributed by atoms with Gasteiger partial charge in [-0.3, -0.25) is 14.4 Å². The fraction of sp³-hybridized carbons (Fsp3) is 0.424. The van der Waals surface area contributed by atoms with Crippen LogP contribution in [0.3, 0.4) is 0 Å². The van der Waals surface area contributed by atoms with E-state index in [9.17, 15) is 19.5 Å². The Morgan fingerprint density at radius 3 is 2.40 bits per heavy atom. The van der Waals surface area contributed by atoms with Crippen LogP contribution in [0.2, 0.25) is 0 Å². The van der Waals surface area contributed by atoms with Crippen molar-refractivity contribution in [3.8, 4) is 5.75 Å². The molecule has 9 nitrogen and oxygen atoms in total. The average molecular weight is 572 g/mol. The van der Waals surface area contributed by atoms with E-state index >= 15 is 0 Å². The largest absolute Gasteiger partial charge is 0.494 e. The van der Waals surface area contributed by atoms with E-state index in [4.69, 9.17) is 9.47 Å². The fourth-order valence-corrected chi connectivity index (χ4v) is 7.40. The van der Waals surface area contributed by atoms with E-state index in [1.54, 1.807) is 24.3 Å². The first-order valence-electron chi connectivity index (χ1n) is 14.8. The minimum atomic E-state index is -1.13. The Bertz CT molecular complexity index is 1510. The van der Waals surface area contributed by atoms with Gasteiger partial charge in [0.1, 0.15) is 17.4 Å². The Morgan fingerprint density at radius 2 is 1.69 bits per heavy atom. The third-order valence-electron chi connectivity index (χ3n) is 9.22. The molecule has 3 N–H and O–H groups in total. The van der Waals surface area contributed by atoms with E-state index in [1.807, 2.05) is 56.3 Å². The monoisotopic (exact) mass is 571 g/mol. The first kappa shape index (κ1) is 28.2. The summed E-state index contributed by atoms with van der Waals surface area (Å²) in [5.41, 5.74) is -0.764. The maximum absolute atomic E-state index is 14.1. The molecule has 0 radical (unpaired) electrons. The summed E-state index contributed by atoms with van der Waals surface area (Å²) in [5, 5.41) is 17.7. The van der Waals surface area contributed by atoms with Gasteiger partial charge in [0, 0.05) is 24.5 Å². The van der Waals surface area contributed by atoms with Gasteiger partial charge < -0.3 is 30.1 Å². The summed E-state index contributed by atoms with van der Waals surface area (Å²) >= 11 is 0. The highest BCUT2D eigenvalue weighted by molar-refractivity contribution is 6.06. The van der Waals surface area contributed by atoms with Crippen molar-refractivity contribution >= 4 is 39.9 Å². The van der Waals surface area contributed by atoms with Crippen LogP contribution in [0, 0.1) is 11.8 Å². The van der Waals surface area contributed by atoms with Crippen molar-refractivity contribution in [3.05, 3.63) is 66.7 Å². The van der Waals surface area contributed by atoms with Gasteiger partial charge in [-0.1, -0.05) is 37.3 Å². The standard InChI is InChI=1S/C33H37N3O6/c1-3-32-16-17-33(42-32)27(26(32)29(38)34-23-12-14-25(15-13-23)41-4-2)31(40)36(18-7-19-37)28(33)30(39)35-24-11-10-21-8-5-6-9-22(21)20-24/h5-6,8-15,20,26-28,37H,3-4,7,16-19H2,1-2H3,(H,34,38)(H,35,39)/t26-,27+,28?,32+,33?/m1/s1. The van der Waals surface area contributed by atoms with E-state index < -0.39 is 29.1 Å². The summed E-state index contributed by atoms with van der Waals surface area (Å²) in [6.45, 7) is 4.48. The summed E-state index contributed by atoms with van der Waals surface area (Å²) < 4.78 is 12.3. The summed E-state index contributed by atoms with van der Waals surface area (Å²) in [5.74, 6) is -1.78. The number of aliphatic hydroxyl groups excluding tert-OH is 1. The molecule has 3 saturated heterocycles. The van der Waals surface area contributed by atoms with Gasteiger partial charge in [-0.25, -0.2) is 0 Å². The van der Waals surface area contributed by atoms with Crippen LogP contribution in [0.5, 0.6) is 5.75 Å². The summed E-state index contributed by atoms with van der Waals surface area (Å²) in [4.78, 5) is 43.7. The third-order valence-corrected chi connectivity index (χ3v) is 9.22. The van der Waals surface area contributed by atoms with E-state index in [2.05, 4.69) is 10.6 Å². The molecule has 3 aromatic carbocycles. The molecular formula is C33H37N3O6. The molecular weight excluding hydrogens is 534 g/mol. The molecule has 1 spiro atoms. The minimum absolute atomic E-state index is 0.123. The highest BCUT2D eigenvalue weighted by Crippen LogP contribution is 2.64. The Labute approximate surface area is 245 Å². The van der Waals surface area contributed by atoms with Crippen molar-refractivity contribution in [2.45, 2.75) is 56.8 Å². The number of amides is 3. The predicted molar refractivity (Wildman–Crippen MR) is 159 cm³/mol. The highest BCUT2D eigenvalue weighted by atomic mass is 16.5. The van der Waals surface area contributed by atoms with Crippen LogP contribution in [0.25, 0.3) is 10.8 Å². The number of carbonyl (C=O) groups excluding carboxylic acids is 3. The second-order valence-corrected chi connectivity index (χ2v) is 11.4. The number of benzene rings is 3. The molecule has 0 aromatic heterocycles. The number of carbonyl (C=O) groups is 3. The molecule has 9 heteroatoms. The number of aliphatic hydroxyl groups is 1. The van der Waals surface area contributed by atoms with Crippen LogP contribution in [-0.4, -0.2) is 64.7 Å². The van der Waals surface area contributed by atoms with Gasteiger partial charge in [0.05, 0.1) is 24.0 Å². The number of rotatable bonds is 10. The second-order valence-electron chi connectivity index (χ2n) is 11.4. The van der Waals surface area contributed by atoms with Crippen LogP contribution in [0.1, 0.15) is 39.5 Å². The number of hydrogen-bond acceptors (Lipinski definition) is 6. The van der Waals surface area contributed by atoms with Crippen molar-refractivity contribution in [1.29, 1.82) is 0 Å². The van der Waals surface area contributed by atoms with Gasteiger partial charge in [-0.05, 0) is 79.8 Å². The van der Waals surface area contributed by atoms with Crippen molar-refractivity contribution in [2.75, 3.05) is 30.4 Å². The molecule has 6 rings (SSSR count). The smallest absolute Gasteiger partial charge is 0.250 e. The predicted octanol–water partition coefficient (Wildman–Crippen LogP) is 4.35. The molecule has 5 atom stereocenters. The summed E-state index contributed by atoms with van der Waals surface area (Å²) in [6.07, 6.45) is 1.92. The molecule has 3 fully saturated rings. The van der Waals surface area contributed by atoms with Crippen LogP contribution in [0.15, 0.2) is 66.7 Å². The third kappa shape index (κ3) is 4.51. The molecule has 3 aliphatic rings. The van der Waals surface area contributed by atoms with E-state index in [-0.39, 0.29) is 30.9 Å². The molecule has 3 aromatic rings. The molecule has 3 aliphatic heterocycles. The normalized spacial score (nSPS) is 27.7. The highest BCUT2D eigenvalue weighted by Gasteiger charge is 2.78.